The van der Waals surface area contributed by atoms with E-state index in [0.717, 1.165) is 11.1 Å². The quantitative estimate of drug-likeness (QED) is 0.655. The molecule has 0 spiro atoms. The average molecular weight is 394 g/mol. The zero-order valence-corrected chi connectivity index (χ0v) is 16.5. The molecule has 0 aliphatic rings. The second-order valence-electron chi connectivity index (χ2n) is 6.70. The molecule has 0 fully saturated rings. The Morgan fingerprint density at radius 1 is 0.821 bits per heavy atom. The fraction of sp³-hybridized carbons (Fsp3) is 0.136. The minimum atomic E-state index is -3.65. The summed E-state index contributed by atoms with van der Waals surface area (Å²) in [5, 5.41) is 2.80. The predicted octanol–water partition coefficient (Wildman–Crippen LogP) is 4.29. The molecule has 0 saturated heterocycles. The van der Waals surface area contributed by atoms with Crippen molar-refractivity contribution in [2.45, 2.75) is 24.8 Å². The van der Waals surface area contributed by atoms with Crippen LogP contribution in [0.25, 0.3) is 11.1 Å². The van der Waals surface area contributed by atoms with E-state index in [-0.39, 0.29) is 22.4 Å². The number of anilines is 1. The van der Waals surface area contributed by atoms with Gasteiger partial charge in [-0.3, -0.25) is 4.79 Å². The van der Waals surface area contributed by atoms with Gasteiger partial charge in [0.25, 0.3) is 5.91 Å². The molecule has 0 saturated carbocycles. The summed E-state index contributed by atoms with van der Waals surface area (Å²) < 4.78 is 27.1. The highest BCUT2D eigenvalue weighted by molar-refractivity contribution is 7.89. The van der Waals surface area contributed by atoms with Crippen LogP contribution in [0.4, 0.5) is 5.69 Å². The zero-order chi connectivity index (χ0) is 20.1. The normalized spacial score (nSPS) is 11.4. The highest BCUT2D eigenvalue weighted by Crippen LogP contribution is 2.21. The summed E-state index contributed by atoms with van der Waals surface area (Å²) in [6, 6.07) is 23.2. The first-order chi connectivity index (χ1) is 13.3. The first-order valence-corrected chi connectivity index (χ1v) is 10.4. The standard InChI is InChI=1S/C22H22N2O3S/c1-16(2)24-28(26,27)21-10-6-9-19(15-21)22(25)23-20-13-11-18(12-14-20)17-7-4-3-5-8-17/h3-16,24H,1-2H3,(H,23,25). The lowest BCUT2D eigenvalue weighted by molar-refractivity contribution is 0.102. The number of nitrogens with one attached hydrogen (secondary N) is 2. The van der Waals surface area contributed by atoms with Crippen LogP contribution in [0.5, 0.6) is 0 Å². The lowest BCUT2D eigenvalue weighted by Crippen LogP contribution is -2.30. The zero-order valence-electron chi connectivity index (χ0n) is 15.7. The van der Waals surface area contributed by atoms with E-state index in [0.29, 0.717) is 5.69 Å². The van der Waals surface area contributed by atoms with Crippen LogP contribution in [0, 0.1) is 0 Å². The monoisotopic (exact) mass is 394 g/mol. The van der Waals surface area contributed by atoms with E-state index < -0.39 is 10.0 Å². The number of carbonyl (C=O) groups excluding carboxylic acids is 1. The van der Waals surface area contributed by atoms with Gasteiger partial charge in [0.1, 0.15) is 0 Å². The number of benzene rings is 3. The smallest absolute Gasteiger partial charge is 0.255 e. The molecule has 5 nitrogen and oxygen atoms in total. The molecule has 144 valence electrons. The highest BCUT2D eigenvalue weighted by atomic mass is 32.2. The molecule has 28 heavy (non-hydrogen) atoms. The SMILES string of the molecule is CC(C)NS(=O)(=O)c1cccc(C(=O)Nc2ccc(-c3ccccc3)cc2)c1. The molecular weight excluding hydrogens is 372 g/mol. The van der Waals surface area contributed by atoms with Crippen molar-refractivity contribution in [2.75, 3.05) is 5.32 Å². The van der Waals surface area contributed by atoms with Crippen molar-refractivity contribution in [3.05, 3.63) is 84.4 Å². The molecular formula is C22H22N2O3S. The summed E-state index contributed by atoms with van der Waals surface area (Å²) in [5.41, 5.74) is 3.06. The third-order valence-electron chi connectivity index (χ3n) is 4.05. The molecule has 3 aromatic carbocycles. The van der Waals surface area contributed by atoms with Crippen LogP contribution >= 0.6 is 0 Å². The number of hydrogen-bond acceptors (Lipinski definition) is 3. The molecule has 0 atom stereocenters. The fourth-order valence-corrected chi connectivity index (χ4v) is 4.06. The van der Waals surface area contributed by atoms with E-state index in [1.165, 1.54) is 12.1 Å². The molecule has 0 aliphatic carbocycles. The Kier molecular flexibility index (Phi) is 5.92. The minimum absolute atomic E-state index is 0.0632. The van der Waals surface area contributed by atoms with Gasteiger partial charge < -0.3 is 5.32 Å². The van der Waals surface area contributed by atoms with Crippen LogP contribution in [0.15, 0.2) is 83.8 Å². The average Bonchev–Trinajstić information content (AvgIpc) is 2.68. The Morgan fingerprint density at radius 2 is 1.46 bits per heavy atom. The van der Waals surface area contributed by atoms with E-state index in [4.69, 9.17) is 0 Å². The number of rotatable bonds is 6. The second-order valence-corrected chi connectivity index (χ2v) is 8.42. The third-order valence-corrected chi connectivity index (χ3v) is 5.70. The van der Waals surface area contributed by atoms with Gasteiger partial charge in [-0.25, -0.2) is 13.1 Å². The summed E-state index contributed by atoms with van der Waals surface area (Å²) in [7, 11) is -3.65. The van der Waals surface area contributed by atoms with Crippen LogP contribution in [-0.2, 0) is 10.0 Å². The van der Waals surface area contributed by atoms with E-state index in [9.17, 15) is 13.2 Å². The number of hydrogen-bond donors (Lipinski definition) is 2. The molecule has 0 unspecified atom stereocenters. The van der Waals surface area contributed by atoms with Crippen molar-refractivity contribution in [1.29, 1.82) is 0 Å². The van der Waals surface area contributed by atoms with Crippen LogP contribution in [-0.4, -0.2) is 20.4 Å². The fourth-order valence-electron chi connectivity index (χ4n) is 2.76. The third kappa shape index (κ3) is 4.85. The van der Waals surface area contributed by atoms with Crippen LogP contribution in [0.3, 0.4) is 0 Å². The van der Waals surface area contributed by atoms with E-state index >= 15 is 0 Å². The Morgan fingerprint density at radius 3 is 2.11 bits per heavy atom. The summed E-state index contributed by atoms with van der Waals surface area (Å²) in [5.74, 6) is -0.367. The molecule has 0 heterocycles. The van der Waals surface area contributed by atoms with Gasteiger partial charge in [0.15, 0.2) is 0 Å². The van der Waals surface area contributed by atoms with E-state index in [2.05, 4.69) is 10.0 Å². The van der Waals surface area contributed by atoms with Crippen LogP contribution in [0.1, 0.15) is 24.2 Å². The number of carbonyl (C=O) groups is 1. The van der Waals surface area contributed by atoms with Gasteiger partial charge in [-0.15, -0.1) is 0 Å². The second kappa shape index (κ2) is 8.37. The van der Waals surface area contributed by atoms with Crippen molar-refractivity contribution in [1.82, 2.24) is 4.72 Å². The molecule has 1 amide bonds. The van der Waals surface area contributed by atoms with Gasteiger partial charge in [-0.05, 0) is 55.3 Å². The Balaban J connectivity index is 1.76. The first-order valence-electron chi connectivity index (χ1n) is 8.94. The maximum Gasteiger partial charge on any atom is 0.255 e. The largest absolute Gasteiger partial charge is 0.322 e. The maximum atomic E-state index is 12.5. The highest BCUT2D eigenvalue weighted by Gasteiger charge is 2.17. The number of sulfonamides is 1. The van der Waals surface area contributed by atoms with E-state index in [1.54, 1.807) is 26.0 Å². The molecule has 0 bridgehead atoms. The lowest BCUT2D eigenvalue weighted by atomic mass is 10.1. The number of amides is 1. The first kappa shape index (κ1) is 19.8. The van der Waals surface area contributed by atoms with Crippen LogP contribution < -0.4 is 10.0 Å². The molecule has 0 aromatic heterocycles. The van der Waals surface area contributed by atoms with Crippen LogP contribution in [0.2, 0.25) is 0 Å². The van der Waals surface area contributed by atoms with Gasteiger partial charge >= 0.3 is 0 Å². The van der Waals surface area contributed by atoms with Crippen molar-refractivity contribution in [3.8, 4) is 11.1 Å². The summed E-state index contributed by atoms with van der Waals surface area (Å²) in [4.78, 5) is 12.6. The summed E-state index contributed by atoms with van der Waals surface area (Å²) in [6.45, 7) is 3.49. The molecule has 3 aromatic rings. The predicted molar refractivity (Wildman–Crippen MR) is 112 cm³/mol. The van der Waals surface area contributed by atoms with Crippen molar-refractivity contribution >= 4 is 21.6 Å². The van der Waals surface area contributed by atoms with E-state index in [1.807, 2.05) is 54.6 Å². The Labute approximate surface area is 165 Å². The lowest BCUT2D eigenvalue weighted by Gasteiger charge is -2.11. The molecule has 6 heteroatoms. The minimum Gasteiger partial charge on any atom is -0.322 e. The van der Waals surface area contributed by atoms with Gasteiger partial charge in [-0.2, -0.15) is 0 Å². The van der Waals surface area contributed by atoms with Gasteiger partial charge in [0, 0.05) is 17.3 Å². The van der Waals surface area contributed by atoms with Crippen molar-refractivity contribution in [3.63, 3.8) is 0 Å². The summed E-state index contributed by atoms with van der Waals surface area (Å²) in [6.07, 6.45) is 0. The van der Waals surface area contributed by atoms with Gasteiger partial charge in [-0.1, -0.05) is 48.5 Å². The molecule has 2 N–H and O–H groups in total. The van der Waals surface area contributed by atoms with Crippen molar-refractivity contribution < 1.29 is 13.2 Å². The Hall–Kier alpha value is -2.96. The molecule has 0 aliphatic heterocycles. The molecule has 0 radical (unpaired) electrons. The summed E-state index contributed by atoms with van der Waals surface area (Å²) >= 11 is 0. The molecule has 3 rings (SSSR count). The maximum absolute atomic E-state index is 12.5. The van der Waals surface area contributed by atoms with Gasteiger partial charge in [0.05, 0.1) is 4.90 Å². The van der Waals surface area contributed by atoms with Crippen molar-refractivity contribution in [2.24, 2.45) is 0 Å². The van der Waals surface area contributed by atoms with Gasteiger partial charge in [0.2, 0.25) is 10.0 Å². The Bertz CT molecular complexity index is 1060. The topological polar surface area (TPSA) is 75.3 Å².